The Labute approximate surface area is 140 Å². The van der Waals surface area contributed by atoms with Crippen LogP contribution >= 0.6 is 11.6 Å². The SMILES string of the molecule is O=C(CC1COCCN1)NC1CCN(c2cccc(Cl)c2)C1=O. The standard InChI is InChI=1S/C16H20ClN3O3/c17-11-2-1-3-13(8-11)20-6-4-14(16(20)22)19-15(21)9-12-10-23-7-5-18-12/h1-3,8,12,14,18H,4-7,9-10H2,(H,19,21). The van der Waals surface area contributed by atoms with Gasteiger partial charge in [0.05, 0.1) is 13.2 Å². The summed E-state index contributed by atoms with van der Waals surface area (Å²) in [4.78, 5) is 26.2. The summed E-state index contributed by atoms with van der Waals surface area (Å²) in [5, 5.41) is 6.65. The molecule has 124 valence electrons. The van der Waals surface area contributed by atoms with E-state index in [1.807, 2.05) is 12.1 Å². The van der Waals surface area contributed by atoms with Gasteiger partial charge in [-0.25, -0.2) is 0 Å². The lowest BCUT2D eigenvalue weighted by atomic mass is 10.1. The molecule has 0 saturated carbocycles. The topological polar surface area (TPSA) is 70.7 Å². The van der Waals surface area contributed by atoms with Gasteiger partial charge in [-0.05, 0) is 24.6 Å². The fraction of sp³-hybridized carbons (Fsp3) is 0.500. The van der Waals surface area contributed by atoms with E-state index in [4.69, 9.17) is 16.3 Å². The normalized spacial score (nSPS) is 24.7. The molecule has 6 nitrogen and oxygen atoms in total. The third-order valence-electron chi connectivity index (χ3n) is 4.09. The Bertz CT molecular complexity index is 590. The van der Waals surface area contributed by atoms with Crippen molar-refractivity contribution in [2.75, 3.05) is 31.2 Å². The zero-order valence-electron chi connectivity index (χ0n) is 12.8. The van der Waals surface area contributed by atoms with E-state index < -0.39 is 6.04 Å². The fourth-order valence-electron chi connectivity index (χ4n) is 2.94. The second-order valence-electron chi connectivity index (χ2n) is 5.81. The number of halogens is 1. The molecule has 2 unspecified atom stereocenters. The Balaban J connectivity index is 1.55. The summed E-state index contributed by atoms with van der Waals surface area (Å²) in [6.45, 7) is 2.53. The van der Waals surface area contributed by atoms with Gasteiger partial charge in [0, 0.05) is 36.3 Å². The van der Waals surface area contributed by atoms with Crippen molar-refractivity contribution in [2.45, 2.75) is 24.9 Å². The van der Waals surface area contributed by atoms with Crippen LogP contribution in [0.1, 0.15) is 12.8 Å². The number of nitrogens with zero attached hydrogens (tertiary/aromatic N) is 1. The van der Waals surface area contributed by atoms with Gasteiger partial charge in [-0.2, -0.15) is 0 Å². The molecule has 0 aliphatic carbocycles. The fourth-order valence-corrected chi connectivity index (χ4v) is 3.13. The number of hydrogen-bond acceptors (Lipinski definition) is 4. The van der Waals surface area contributed by atoms with Gasteiger partial charge in [-0.15, -0.1) is 0 Å². The van der Waals surface area contributed by atoms with Crippen molar-refractivity contribution < 1.29 is 14.3 Å². The summed E-state index contributed by atoms with van der Waals surface area (Å²) in [5.41, 5.74) is 0.765. The van der Waals surface area contributed by atoms with Gasteiger partial charge in [0.1, 0.15) is 6.04 Å². The Morgan fingerprint density at radius 1 is 1.48 bits per heavy atom. The van der Waals surface area contributed by atoms with E-state index in [2.05, 4.69) is 10.6 Å². The zero-order valence-corrected chi connectivity index (χ0v) is 13.5. The number of hydrogen-bond donors (Lipinski definition) is 2. The molecule has 0 spiro atoms. The molecule has 2 aliphatic rings. The second-order valence-corrected chi connectivity index (χ2v) is 6.25. The maximum Gasteiger partial charge on any atom is 0.249 e. The molecular formula is C16H20ClN3O3. The van der Waals surface area contributed by atoms with E-state index in [0.717, 1.165) is 12.2 Å². The number of rotatable bonds is 4. The average molecular weight is 338 g/mol. The van der Waals surface area contributed by atoms with Gasteiger partial charge < -0.3 is 20.3 Å². The van der Waals surface area contributed by atoms with Crippen LogP contribution in [0.5, 0.6) is 0 Å². The highest BCUT2D eigenvalue weighted by Gasteiger charge is 2.34. The molecule has 2 amide bonds. The first-order chi connectivity index (χ1) is 11.1. The summed E-state index contributed by atoms with van der Waals surface area (Å²) in [6, 6.07) is 6.73. The van der Waals surface area contributed by atoms with Crippen molar-refractivity contribution in [3.63, 3.8) is 0 Å². The summed E-state index contributed by atoms with van der Waals surface area (Å²) < 4.78 is 5.33. The summed E-state index contributed by atoms with van der Waals surface area (Å²) in [7, 11) is 0. The van der Waals surface area contributed by atoms with Gasteiger partial charge >= 0.3 is 0 Å². The van der Waals surface area contributed by atoms with Gasteiger partial charge in [-0.1, -0.05) is 17.7 Å². The minimum absolute atomic E-state index is 0.0179. The molecule has 1 aromatic carbocycles. The molecule has 1 aromatic rings. The number of carbonyl (C=O) groups excluding carboxylic acids is 2. The number of anilines is 1. The third-order valence-corrected chi connectivity index (χ3v) is 4.33. The number of morpholine rings is 1. The van der Waals surface area contributed by atoms with Crippen LogP contribution < -0.4 is 15.5 Å². The smallest absolute Gasteiger partial charge is 0.249 e. The molecule has 0 bridgehead atoms. The quantitative estimate of drug-likeness (QED) is 0.858. The van der Waals surface area contributed by atoms with Crippen LogP contribution in [0.15, 0.2) is 24.3 Å². The van der Waals surface area contributed by atoms with E-state index in [9.17, 15) is 9.59 Å². The van der Waals surface area contributed by atoms with Crippen molar-refractivity contribution in [3.8, 4) is 0 Å². The van der Waals surface area contributed by atoms with Gasteiger partial charge in [0.2, 0.25) is 11.8 Å². The van der Waals surface area contributed by atoms with Crippen molar-refractivity contribution in [2.24, 2.45) is 0 Å². The lowest BCUT2D eigenvalue weighted by molar-refractivity contribution is -0.127. The van der Waals surface area contributed by atoms with Gasteiger partial charge in [0.25, 0.3) is 0 Å². The third kappa shape index (κ3) is 4.02. The first kappa shape index (κ1) is 16.2. The Morgan fingerprint density at radius 2 is 2.35 bits per heavy atom. The molecule has 2 aliphatic heterocycles. The largest absolute Gasteiger partial charge is 0.378 e. The number of amides is 2. The summed E-state index contributed by atoms with van der Waals surface area (Å²) in [6.07, 6.45) is 0.923. The highest BCUT2D eigenvalue weighted by molar-refractivity contribution is 6.31. The molecule has 2 fully saturated rings. The summed E-state index contributed by atoms with van der Waals surface area (Å²) >= 11 is 5.97. The Hall–Kier alpha value is -1.63. The maximum atomic E-state index is 12.5. The van der Waals surface area contributed by atoms with Crippen molar-refractivity contribution in [1.82, 2.24) is 10.6 Å². The Morgan fingerprint density at radius 3 is 3.09 bits per heavy atom. The maximum absolute atomic E-state index is 12.5. The number of ether oxygens (including phenoxy) is 1. The molecular weight excluding hydrogens is 318 g/mol. The van der Waals surface area contributed by atoms with Gasteiger partial charge in [-0.3, -0.25) is 9.59 Å². The van der Waals surface area contributed by atoms with E-state index in [1.165, 1.54) is 0 Å². The number of nitrogens with one attached hydrogen (secondary N) is 2. The molecule has 3 rings (SSSR count). The molecule has 0 radical (unpaired) electrons. The predicted octanol–water partition coefficient (Wildman–Crippen LogP) is 0.940. The van der Waals surface area contributed by atoms with E-state index in [0.29, 0.717) is 37.6 Å². The van der Waals surface area contributed by atoms with Crippen molar-refractivity contribution in [1.29, 1.82) is 0 Å². The molecule has 2 N–H and O–H groups in total. The first-order valence-corrected chi connectivity index (χ1v) is 8.19. The lowest BCUT2D eigenvalue weighted by Crippen LogP contribution is -2.47. The van der Waals surface area contributed by atoms with Crippen molar-refractivity contribution >= 4 is 29.1 Å². The second kappa shape index (κ2) is 7.29. The highest BCUT2D eigenvalue weighted by Crippen LogP contribution is 2.24. The number of carbonyl (C=O) groups is 2. The first-order valence-electron chi connectivity index (χ1n) is 7.81. The van der Waals surface area contributed by atoms with Crippen molar-refractivity contribution in [3.05, 3.63) is 29.3 Å². The molecule has 7 heteroatoms. The predicted molar refractivity (Wildman–Crippen MR) is 87.6 cm³/mol. The van der Waals surface area contributed by atoms with E-state index >= 15 is 0 Å². The monoisotopic (exact) mass is 337 g/mol. The number of benzene rings is 1. The minimum atomic E-state index is -0.467. The minimum Gasteiger partial charge on any atom is -0.378 e. The molecule has 0 aromatic heterocycles. The molecule has 2 atom stereocenters. The van der Waals surface area contributed by atoms with E-state index in [1.54, 1.807) is 17.0 Å². The van der Waals surface area contributed by atoms with Crippen LogP contribution in [-0.4, -0.2) is 50.2 Å². The molecule has 2 heterocycles. The lowest BCUT2D eigenvalue weighted by Gasteiger charge is -2.24. The van der Waals surface area contributed by atoms with Crippen LogP contribution in [0.25, 0.3) is 0 Å². The Kier molecular flexibility index (Phi) is 5.15. The van der Waals surface area contributed by atoms with Crippen LogP contribution in [0.4, 0.5) is 5.69 Å². The highest BCUT2D eigenvalue weighted by atomic mass is 35.5. The summed E-state index contributed by atoms with van der Waals surface area (Å²) in [5.74, 6) is -0.215. The van der Waals surface area contributed by atoms with Crippen LogP contribution in [0.3, 0.4) is 0 Å². The average Bonchev–Trinajstić information content (AvgIpc) is 2.89. The van der Waals surface area contributed by atoms with Crippen LogP contribution in [-0.2, 0) is 14.3 Å². The van der Waals surface area contributed by atoms with Gasteiger partial charge in [0.15, 0.2) is 0 Å². The van der Waals surface area contributed by atoms with E-state index in [-0.39, 0.29) is 17.9 Å². The molecule has 2 saturated heterocycles. The zero-order chi connectivity index (χ0) is 16.2. The van der Waals surface area contributed by atoms with Crippen LogP contribution in [0.2, 0.25) is 5.02 Å². The molecule has 23 heavy (non-hydrogen) atoms. The van der Waals surface area contributed by atoms with Crippen LogP contribution in [0, 0.1) is 0 Å².